The van der Waals surface area contributed by atoms with Crippen molar-refractivity contribution in [3.05, 3.63) is 16.8 Å². The van der Waals surface area contributed by atoms with Crippen molar-refractivity contribution in [2.24, 2.45) is 11.7 Å². The molecule has 1 aliphatic heterocycles. The molecule has 0 spiro atoms. The van der Waals surface area contributed by atoms with Crippen molar-refractivity contribution in [3.8, 4) is 0 Å². The van der Waals surface area contributed by atoms with Crippen LogP contribution in [0.3, 0.4) is 0 Å². The van der Waals surface area contributed by atoms with E-state index in [0.717, 1.165) is 27.5 Å². The van der Waals surface area contributed by atoms with Crippen molar-refractivity contribution in [2.75, 3.05) is 13.1 Å². The van der Waals surface area contributed by atoms with Crippen molar-refractivity contribution in [2.45, 2.75) is 50.3 Å². The van der Waals surface area contributed by atoms with Crippen molar-refractivity contribution >= 4 is 45.1 Å². The molecule has 3 heterocycles. The molecule has 6 nitrogen and oxygen atoms in total. The summed E-state index contributed by atoms with van der Waals surface area (Å²) in [6.45, 7) is 7.11. The van der Waals surface area contributed by atoms with Crippen LogP contribution in [0.15, 0.2) is 11.1 Å². The summed E-state index contributed by atoms with van der Waals surface area (Å²) < 4.78 is 0. The Hall–Kier alpha value is -1.67. The third kappa shape index (κ3) is 4.01. The van der Waals surface area contributed by atoms with E-state index in [0.29, 0.717) is 25.9 Å². The molecule has 1 aliphatic rings. The summed E-state index contributed by atoms with van der Waals surface area (Å²) in [7, 11) is 0. The first kappa shape index (κ1) is 19.1. The monoisotopic (exact) mass is 392 g/mol. The summed E-state index contributed by atoms with van der Waals surface area (Å²) in [6.07, 6.45) is 2.27. The van der Waals surface area contributed by atoms with Crippen LogP contribution in [0.2, 0.25) is 0 Å². The van der Waals surface area contributed by atoms with Crippen molar-refractivity contribution in [3.63, 3.8) is 0 Å². The predicted molar refractivity (Wildman–Crippen MR) is 105 cm³/mol. The second kappa shape index (κ2) is 7.92. The highest BCUT2D eigenvalue weighted by atomic mass is 32.2. The second-order valence-electron chi connectivity index (χ2n) is 6.62. The molecule has 2 aromatic heterocycles. The van der Waals surface area contributed by atoms with Crippen LogP contribution in [0, 0.1) is 12.8 Å². The lowest BCUT2D eigenvalue weighted by atomic mass is 9.96. The Morgan fingerprint density at radius 1 is 1.38 bits per heavy atom. The summed E-state index contributed by atoms with van der Waals surface area (Å²) in [5.41, 5.74) is 5.37. The highest BCUT2D eigenvalue weighted by Gasteiger charge is 2.29. The van der Waals surface area contributed by atoms with Gasteiger partial charge in [-0.3, -0.25) is 9.59 Å². The number of primary amides is 1. The number of thiophene rings is 1. The third-order valence-corrected chi connectivity index (χ3v) is 6.98. The van der Waals surface area contributed by atoms with E-state index in [9.17, 15) is 9.59 Å². The molecule has 0 bridgehead atoms. The average Bonchev–Trinajstić information content (AvgIpc) is 3.04. The number of rotatable bonds is 5. The lowest BCUT2D eigenvalue weighted by molar-refractivity contribution is -0.134. The zero-order valence-corrected chi connectivity index (χ0v) is 17.0. The second-order valence-corrected chi connectivity index (χ2v) is 9.07. The van der Waals surface area contributed by atoms with Gasteiger partial charge in [0.25, 0.3) is 0 Å². The number of likely N-dealkylation sites (tertiary alicyclic amines) is 1. The summed E-state index contributed by atoms with van der Waals surface area (Å²) >= 11 is 3.18. The molecule has 1 fully saturated rings. The minimum absolute atomic E-state index is 0.0910. The average molecular weight is 393 g/mol. The predicted octanol–water partition coefficient (Wildman–Crippen LogP) is 2.77. The van der Waals surface area contributed by atoms with Gasteiger partial charge in [0.2, 0.25) is 11.8 Å². The summed E-state index contributed by atoms with van der Waals surface area (Å²) in [6, 6.07) is 2.14. The van der Waals surface area contributed by atoms with E-state index in [-0.39, 0.29) is 23.0 Å². The highest BCUT2D eigenvalue weighted by Crippen LogP contribution is 2.34. The molecule has 2 amide bonds. The first-order valence-electron chi connectivity index (χ1n) is 8.90. The maximum atomic E-state index is 12.8. The number of thioether (sulfide) groups is 1. The van der Waals surface area contributed by atoms with E-state index in [2.05, 4.69) is 23.0 Å². The summed E-state index contributed by atoms with van der Waals surface area (Å²) in [5, 5.41) is 1.67. The highest BCUT2D eigenvalue weighted by molar-refractivity contribution is 8.00. The number of nitrogens with zero attached hydrogens (tertiary/aromatic N) is 3. The lowest BCUT2D eigenvalue weighted by Crippen LogP contribution is -2.44. The standard InChI is InChI=1S/C18H24N4O2S2/c1-4-13-9-14-16(20-11(3)21-17(14)26-13)25-10(2)18(24)22-7-5-12(6-8-22)15(19)23/h9-10,12H,4-8H2,1-3H3,(H2,19,23). The summed E-state index contributed by atoms with van der Waals surface area (Å²) in [5.74, 6) is 0.451. The molecule has 0 aliphatic carbocycles. The molecular weight excluding hydrogens is 368 g/mol. The van der Waals surface area contributed by atoms with Crippen LogP contribution in [0.4, 0.5) is 0 Å². The number of carbonyl (C=O) groups excluding carboxylic acids is 2. The van der Waals surface area contributed by atoms with Gasteiger partial charge in [-0.1, -0.05) is 18.7 Å². The fourth-order valence-corrected chi connectivity index (χ4v) is 5.30. The van der Waals surface area contributed by atoms with Gasteiger partial charge in [0.05, 0.1) is 5.25 Å². The van der Waals surface area contributed by atoms with Crippen LogP contribution < -0.4 is 5.73 Å². The molecule has 0 radical (unpaired) electrons. The molecule has 26 heavy (non-hydrogen) atoms. The molecule has 1 atom stereocenters. The van der Waals surface area contributed by atoms with E-state index >= 15 is 0 Å². The molecule has 0 aromatic carbocycles. The maximum absolute atomic E-state index is 12.8. The Bertz CT molecular complexity index is 828. The molecule has 2 N–H and O–H groups in total. The SMILES string of the molecule is CCc1cc2c(SC(C)C(=O)N3CCC(C(N)=O)CC3)nc(C)nc2s1. The van der Waals surface area contributed by atoms with E-state index in [1.807, 2.05) is 18.7 Å². The molecule has 2 aromatic rings. The van der Waals surface area contributed by atoms with Crippen molar-refractivity contribution in [1.82, 2.24) is 14.9 Å². The van der Waals surface area contributed by atoms with E-state index in [4.69, 9.17) is 5.73 Å². The van der Waals surface area contributed by atoms with Crippen molar-refractivity contribution in [1.29, 1.82) is 0 Å². The molecule has 1 saturated heterocycles. The van der Waals surface area contributed by atoms with Gasteiger partial charge >= 0.3 is 0 Å². The first-order valence-corrected chi connectivity index (χ1v) is 10.6. The Kier molecular flexibility index (Phi) is 5.82. The normalized spacial score (nSPS) is 16.8. The molecular formula is C18H24N4O2S2. The number of carbonyl (C=O) groups is 2. The van der Waals surface area contributed by atoms with Crippen LogP contribution in [-0.2, 0) is 16.0 Å². The van der Waals surface area contributed by atoms with E-state index < -0.39 is 0 Å². The van der Waals surface area contributed by atoms with Gasteiger partial charge in [-0.05, 0) is 39.2 Å². The maximum Gasteiger partial charge on any atom is 0.235 e. The minimum atomic E-state index is -0.262. The Labute approximate surface area is 161 Å². The topological polar surface area (TPSA) is 89.2 Å². The fraction of sp³-hybridized carbons (Fsp3) is 0.556. The number of nitrogens with two attached hydrogens (primary N) is 1. The van der Waals surface area contributed by atoms with E-state index in [1.165, 1.54) is 16.6 Å². The van der Waals surface area contributed by atoms with Crippen LogP contribution >= 0.6 is 23.1 Å². The van der Waals surface area contributed by atoms with Gasteiger partial charge in [-0.2, -0.15) is 0 Å². The number of amides is 2. The number of fused-ring (bicyclic) bond motifs is 1. The van der Waals surface area contributed by atoms with Gasteiger partial charge in [-0.15, -0.1) is 11.3 Å². The number of hydrogen-bond acceptors (Lipinski definition) is 6. The van der Waals surface area contributed by atoms with E-state index in [1.54, 1.807) is 11.3 Å². The molecule has 3 rings (SSSR count). The first-order chi connectivity index (χ1) is 12.4. The fourth-order valence-electron chi connectivity index (χ4n) is 3.17. The number of aromatic nitrogens is 2. The lowest BCUT2D eigenvalue weighted by Gasteiger charge is -2.32. The van der Waals surface area contributed by atoms with Crippen LogP contribution in [0.25, 0.3) is 10.2 Å². The zero-order valence-electron chi connectivity index (χ0n) is 15.3. The van der Waals surface area contributed by atoms with Crippen LogP contribution in [0.1, 0.15) is 37.4 Å². The molecule has 140 valence electrons. The minimum Gasteiger partial charge on any atom is -0.369 e. The number of hydrogen-bond donors (Lipinski definition) is 1. The molecule has 1 unspecified atom stereocenters. The molecule has 8 heteroatoms. The van der Waals surface area contributed by atoms with Gasteiger partial charge < -0.3 is 10.6 Å². The zero-order chi connectivity index (χ0) is 18.8. The third-order valence-electron chi connectivity index (χ3n) is 4.71. The van der Waals surface area contributed by atoms with Crippen LogP contribution in [-0.4, -0.2) is 45.0 Å². The smallest absolute Gasteiger partial charge is 0.235 e. The van der Waals surface area contributed by atoms with Gasteiger partial charge in [0, 0.05) is 29.3 Å². The summed E-state index contributed by atoms with van der Waals surface area (Å²) in [4.78, 5) is 37.3. The quantitative estimate of drug-likeness (QED) is 0.624. The van der Waals surface area contributed by atoms with Gasteiger partial charge in [0.15, 0.2) is 0 Å². The molecule has 0 saturated carbocycles. The Balaban J connectivity index is 1.72. The van der Waals surface area contributed by atoms with Gasteiger partial charge in [0.1, 0.15) is 15.7 Å². The Morgan fingerprint density at radius 3 is 2.69 bits per heavy atom. The van der Waals surface area contributed by atoms with Crippen molar-refractivity contribution < 1.29 is 9.59 Å². The largest absolute Gasteiger partial charge is 0.369 e. The van der Waals surface area contributed by atoms with Gasteiger partial charge in [-0.25, -0.2) is 9.97 Å². The number of aryl methyl sites for hydroxylation is 2. The van der Waals surface area contributed by atoms with Crippen LogP contribution in [0.5, 0.6) is 0 Å². The Morgan fingerprint density at radius 2 is 2.08 bits per heavy atom. The number of piperidine rings is 1.